The first-order chi connectivity index (χ1) is 12.8. The molecule has 0 spiro atoms. The van der Waals surface area contributed by atoms with Gasteiger partial charge in [-0.15, -0.1) is 0 Å². The number of pyridine rings is 2. The van der Waals surface area contributed by atoms with Gasteiger partial charge in [0.05, 0.1) is 5.56 Å². The Labute approximate surface area is 158 Å². The first-order valence-electron chi connectivity index (χ1n) is 9.27. The number of benzene rings is 1. The predicted octanol–water partition coefficient (Wildman–Crippen LogP) is 5.66. The van der Waals surface area contributed by atoms with Crippen LogP contribution in [-0.4, -0.2) is 4.98 Å². The summed E-state index contributed by atoms with van der Waals surface area (Å²) in [4.78, 5) is 4.02. The lowest BCUT2D eigenvalue weighted by atomic mass is 9.94. The van der Waals surface area contributed by atoms with Crippen molar-refractivity contribution < 1.29 is 13.4 Å². The summed E-state index contributed by atoms with van der Waals surface area (Å²) >= 11 is 0. The monoisotopic (exact) mass is 363 g/mol. The van der Waals surface area contributed by atoms with Crippen LogP contribution in [0.1, 0.15) is 42.0 Å². The molecule has 1 aromatic carbocycles. The van der Waals surface area contributed by atoms with Gasteiger partial charge in [0.15, 0.2) is 11.8 Å². The summed E-state index contributed by atoms with van der Waals surface area (Å²) in [5.74, 6) is -0.0543. The fraction of sp³-hybridized carbons (Fsp3) is 0.304. The first-order valence-corrected chi connectivity index (χ1v) is 9.27. The van der Waals surface area contributed by atoms with Gasteiger partial charge in [-0.05, 0) is 43.9 Å². The van der Waals surface area contributed by atoms with Crippen LogP contribution in [0, 0.1) is 26.7 Å². The average Bonchev–Trinajstić information content (AvgIpc) is 2.93. The van der Waals surface area contributed by atoms with E-state index < -0.39 is 5.95 Å². The normalized spacial score (nSPS) is 11.9. The van der Waals surface area contributed by atoms with E-state index in [1.807, 2.05) is 12.1 Å². The molecule has 0 fully saturated rings. The molecule has 0 bridgehead atoms. The summed E-state index contributed by atoms with van der Waals surface area (Å²) in [6.45, 7) is 10.4. The summed E-state index contributed by atoms with van der Waals surface area (Å²) in [5.41, 5.74) is 7.45. The molecule has 0 aliphatic carbocycles. The number of aryl methyl sites for hydroxylation is 4. The maximum absolute atomic E-state index is 14.0. The zero-order valence-corrected chi connectivity index (χ0v) is 16.6. The van der Waals surface area contributed by atoms with E-state index in [-0.39, 0.29) is 0 Å². The highest BCUT2D eigenvalue weighted by molar-refractivity contribution is 6.08. The number of furan rings is 1. The van der Waals surface area contributed by atoms with Gasteiger partial charge in [-0.25, -0.2) is 4.57 Å². The van der Waals surface area contributed by atoms with Crippen molar-refractivity contribution in [3.8, 4) is 11.3 Å². The Kier molecular flexibility index (Phi) is 4.02. The van der Waals surface area contributed by atoms with E-state index in [9.17, 15) is 4.39 Å². The van der Waals surface area contributed by atoms with Crippen molar-refractivity contribution in [1.82, 2.24) is 4.98 Å². The SMILES string of the molecule is Cc1c[n+](C)c(-c2c(C)ccc3c2oc2nc(F)c(C)cc23)cc1C(C)C. The molecule has 0 saturated carbocycles. The van der Waals surface area contributed by atoms with Crippen LogP contribution < -0.4 is 4.57 Å². The standard InChI is InChI=1S/C23H24FN2O/c1-12(2)17-10-19(26(6)11-15(17)5)20-13(3)7-8-16-18-9-14(4)22(24)25-23(18)27-21(16)20/h7-12H,1-6H3/q+1. The average molecular weight is 363 g/mol. The highest BCUT2D eigenvalue weighted by Gasteiger charge is 2.23. The van der Waals surface area contributed by atoms with Crippen molar-refractivity contribution in [3.63, 3.8) is 0 Å². The minimum absolute atomic E-state index is 0.346. The lowest BCUT2D eigenvalue weighted by molar-refractivity contribution is -0.660. The molecule has 4 rings (SSSR count). The van der Waals surface area contributed by atoms with Crippen molar-refractivity contribution in [1.29, 1.82) is 0 Å². The van der Waals surface area contributed by atoms with Gasteiger partial charge < -0.3 is 4.42 Å². The third-order valence-electron chi connectivity index (χ3n) is 5.36. The van der Waals surface area contributed by atoms with Gasteiger partial charge in [-0.3, -0.25) is 0 Å². The Balaban J connectivity index is 2.11. The molecule has 0 radical (unpaired) electrons. The smallest absolute Gasteiger partial charge is 0.230 e. The molecule has 0 unspecified atom stereocenters. The summed E-state index contributed by atoms with van der Waals surface area (Å²) in [5, 5.41) is 1.82. The molecule has 0 aliphatic heterocycles. The second kappa shape index (κ2) is 6.15. The Morgan fingerprint density at radius 1 is 1.00 bits per heavy atom. The van der Waals surface area contributed by atoms with Gasteiger partial charge in [0, 0.05) is 28.0 Å². The van der Waals surface area contributed by atoms with E-state index in [2.05, 4.69) is 62.6 Å². The minimum Gasteiger partial charge on any atom is -0.437 e. The van der Waals surface area contributed by atoms with Crippen LogP contribution in [0.4, 0.5) is 4.39 Å². The maximum Gasteiger partial charge on any atom is 0.230 e. The van der Waals surface area contributed by atoms with Crippen molar-refractivity contribution >= 4 is 22.1 Å². The fourth-order valence-electron chi connectivity index (χ4n) is 3.93. The van der Waals surface area contributed by atoms with Crippen LogP contribution >= 0.6 is 0 Å². The second-order valence-electron chi connectivity index (χ2n) is 7.75. The summed E-state index contributed by atoms with van der Waals surface area (Å²) in [6, 6.07) is 8.20. The number of fused-ring (bicyclic) bond motifs is 3. The molecule has 3 heterocycles. The predicted molar refractivity (Wildman–Crippen MR) is 106 cm³/mol. The summed E-state index contributed by atoms with van der Waals surface area (Å²) in [7, 11) is 2.05. The Morgan fingerprint density at radius 2 is 1.74 bits per heavy atom. The minimum atomic E-state index is -0.484. The molecular formula is C23H24FN2O+. The molecule has 0 N–H and O–H groups in total. The number of rotatable bonds is 2. The molecule has 4 heteroatoms. The van der Waals surface area contributed by atoms with Gasteiger partial charge in [0.25, 0.3) is 0 Å². The molecule has 138 valence electrons. The molecule has 3 aromatic heterocycles. The van der Waals surface area contributed by atoms with Crippen LogP contribution in [-0.2, 0) is 7.05 Å². The zero-order chi connectivity index (χ0) is 19.5. The number of aromatic nitrogens is 2. The molecule has 3 nitrogen and oxygen atoms in total. The third-order valence-corrected chi connectivity index (χ3v) is 5.36. The quantitative estimate of drug-likeness (QED) is 0.340. The van der Waals surface area contributed by atoms with Crippen molar-refractivity contribution in [2.75, 3.05) is 0 Å². The van der Waals surface area contributed by atoms with E-state index in [1.165, 1.54) is 11.1 Å². The van der Waals surface area contributed by atoms with E-state index in [4.69, 9.17) is 4.42 Å². The van der Waals surface area contributed by atoms with Crippen molar-refractivity contribution in [3.05, 3.63) is 58.7 Å². The highest BCUT2D eigenvalue weighted by atomic mass is 19.1. The van der Waals surface area contributed by atoms with Crippen LogP contribution in [0.25, 0.3) is 33.3 Å². The number of hydrogen-bond acceptors (Lipinski definition) is 2. The van der Waals surface area contributed by atoms with Crippen molar-refractivity contribution in [2.45, 2.75) is 40.5 Å². The summed E-state index contributed by atoms with van der Waals surface area (Å²) in [6.07, 6.45) is 2.16. The van der Waals surface area contributed by atoms with Crippen LogP contribution in [0.3, 0.4) is 0 Å². The van der Waals surface area contributed by atoms with Gasteiger partial charge in [-0.2, -0.15) is 9.37 Å². The van der Waals surface area contributed by atoms with E-state index in [0.717, 1.165) is 33.2 Å². The lowest BCUT2D eigenvalue weighted by Crippen LogP contribution is -2.32. The number of nitrogens with zero attached hydrogens (tertiary/aromatic N) is 2. The molecule has 0 saturated heterocycles. The molecular weight excluding hydrogens is 339 g/mol. The fourth-order valence-corrected chi connectivity index (χ4v) is 3.93. The molecule has 0 aliphatic rings. The number of halogens is 1. The van der Waals surface area contributed by atoms with Gasteiger partial charge >= 0.3 is 0 Å². The second-order valence-corrected chi connectivity index (χ2v) is 7.75. The lowest BCUT2D eigenvalue weighted by Gasteiger charge is -2.12. The topological polar surface area (TPSA) is 29.9 Å². The van der Waals surface area contributed by atoms with Gasteiger partial charge in [0.2, 0.25) is 17.4 Å². The first kappa shape index (κ1) is 17.7. The molecule has 0 amide bonds. The van der Waals surface area contributed by atoms with E-state index >= 15 is 0 Å². The third kappa shape index (κ3) is 2.71. The van der Waals surface area contributed by atoms with Gasteiger partial charge in [-0.1, -0.05) is 26.0 Å². The van der Waals surface area contributed by atoms with Gasteiger partial charge in [0.1, 0.15) is 7.05 Å². The van der Waals surface area contributed by atoms with E-state index in [1.54, 1.807) is 6.92 Å². The molecule has 0 atom stereocenters. The van der Waals surface area contributed by atoms with Crippen LogP contribution in [0.15, 0.2) is 34.9 Å². The number of hydrogen-bond donors (Lipinski definition) is 0. The molecule has 27 heavy (non-hydrogen) atoms. The van der Waals surface area contributed by atoms with E-state index in [0.29, 0.717) is 17.2 Å². The maximum atomic E-state index is 14.0. The van der Waals surface area contributed by atoms with Crippen LogP contribution in [0.5, 0.6) is 0 Å². The van der Waals surface area contributed by atoms with Crippen LogP contribution in [0.2, 0.25) is 0 Å². The Morgan fingerprint density at radius 3 is 2.44 bits per heavy atom. The Hall–Kier alpha value is -2.75. The zero-order valence-electron chi connectivity index (χ0n) is 16.6. The highest BCUT2D eigenvalue weighted by Crippen LogP contribution is 2.37. The largest absolute Gasteiger partial charge is 0.437 e. The van der Waals surface area contributed by atoms with Crippen molar-refractivity contribution in [2.24, 2.45) is 7.05 Å². The Bertz CT molecular complexity index is 1200. The molecule has 4 aromatic rings. The summed E-state index contributed by atoms with van der Waals surface area (Å²) < 4.78 is 22.2.